The van der Waals surface area contributed by atoms with Gasteiger partial charge in [0.05, 0.1) is 13.1 Å². The SMILES string of the molecule is O=C(NCC(O)C(=O)O)c1ccc(CN(C(=O)Nc2ccc(OC(F)(F)F)cc2)c2ccc(C3CCCCC3)cc2)cc1. The van der Waals surface area contributed by atoms with Crippen LogP contribution in [0, 0.1) is 0 Å². The number of ether oxygens (including phenoxy) is 1. The lowest BCUT2D eigenvalue weighted by Crippen LogP contribution is -2.36. The molecule has 9 nitrogen and oxygen atoms in total. The summed E-state index contributed by atoms with van der Waals surface area (Å²) in [6, 6.07) is 18.3. The van der Waals surface area contributed by atoms with E-state index in [1.807, 2.05) is 24.3 Å². The number of aliphatic carboxylic acids is 1. The van der Waals surface area contributed by atoms with E-state index in [-0.39, 0.29) is 17.8 Å². The molecule has 1 aliphatic rings. The fourth-order valence-electron chi connectivity index (χ4n) is 4.90. The number of hydrogen-bond donors (Lipinski definition) is 4. The lowest BCUT2D eigenvalue weighted by atomic mass is 9.84. The normalized spacial score (nSPS) is 14.4. The average Bonchev–Trinajstić information content (AvgIpc) is 2.99. The summed E-state index contributed by atoms with van der Waals surface area (Å²) in [7, 11) is 0. The molecule has 3 aromatic rings. The molecule has 228 valence electrons. The number of hydrogen-bond acceptors (Lipinski definition) is 5. The number of carboxylic acid groups (broad SMARTS) is 1. The van der Waals surface area contributed by atoms with Gasteiger partial charge in [0.15, 0.2) is 6.10 Å². The Balaban J connectivity index is 1.50. The van der Waals surface area contributed by atoms with Crippen LogP contribution < -0.4 is 20.3 Å². The summed E-state index contributed by atoms with van der Waals surface area (Å²) >= 11 is 0. The van der Waals surface area contributed by atoms with Crippen molar-refractivity contribution in [1.29, 1.82) is 0 Å². The van der Waals surface area contributed by atoms with Crippen molar-refractivity contribution in [3.63, 3.8) is 0 Å². The maximum absolute atomic E-state index is 13.5. The smallest absolute Gasteiger partial charge is 0.479 e. The minimum atomic E-state index is -4.83. The van der Waals surface area contributed by atoms with Crippen LogP contribution in [0.1, 0.15) is 59.5 Å². The van der Waals surface area contributed by atoms with E-state index < -0.39 is 42.7 Å². The van der Waals surface area contributed by atoms with Crippen LogP contribution in [0.25, 0.3) is 0 Å². The number of aliphatic hydroxyl groups excluding tert-OH is 1. The number of nitrogens with zero attached hydrogens (tertiary/aromatic N) is 1. The van der Waals surface area contributed by atoms with Gasteiger partial charge >= 0.3 is 18.4 Å². The molecule has 1 aliphatic carbocycles. The minimum Gasteiger partial charge on any atom is -0.479 e. The Morgan fingerprint density at radius 3 is 2.12 bits per heavy atom. The zero-order chi connectivity index (χ0) is 31.0. The number of carbonyl (C=O) groups excluding carboxylic acids is 2. The second-order valence-corrected chi connectivity index (χ2v) is 10.3. The van der Waals surface area contributed by atoms with E-state index in [9.17, 15) is 32.7 Å². The van der Waals surface area contributed by atoms with Gasteiger partial charge in [0, 0.05) is 16.9 Å². The molecule has 1 unspecified atom stereocenters. The summed E-state index contributed by atoms with van der Waals surface area (Å²) < 4.78 is 41.4. The third-order valence-electron chi connectivity index (χ3n) is 7.16. The fraction of sp³-hybridized carbons (Fsp3) is 0.323. The highest BCUT2D eigenvalue weighted by molar-refractivity contribution is 6.01. The molecule has 0 aliphatic heterocycles. The van der Waals surface area contributed by atoms with E-state index in [0.717, 1.165) is 25.0 Å². The van der Waals surface area contributed by atoms with Gasteiger partial charge < -0.3 is 25.6 Å². The molecule has 0 aromatic heterocycles. The lowest BCUT2D eigenvalue weighted by molar-refractivity contribution is -0.274. The van der Waals surface area contributed by atoms with Gasteiger partial charge in [-0.25, -0.2) is 9.59 Å². The van der Waals surface area contributed by atoms with Gasteiger partial charge in [0.25, 0.3) is 5.91 Å². The number of urea groups is 1. The minimum absolute atomic E-state index is 0.101. The number of amides is 3. The zero-order valence-electron chi connectivity index (χ0n) is 23.1. The van der Waals surface area contributed by atoms with Gasteiger partial charge in [-0.05, 0) is 78.4 Å². The van der Waals surface area contributed by atoms with Gasteiger partial charge in [-0.1, -0.05) is 43.5 Å². The van der Waals surface area contributed by atoms with Crippen molar-refractivity contribution in [2.45, 2.75) is 57.0 Å². The van der Waals surface area contributed by atoms with Crippen LogP contribution in [0.15, 0.2) is 72.8 Å². The first-order chi connectivity index (χ1) is 20.5. The molecule has 3 aromatic carbocycles. The van der Waals surface area contributed by atoms with Crippen LogP contribution in [-0.4, -0.2) is 47.1 Å². The molecule has 1 atom stereocenters. The number of aliphatic hydroxyl groups is 1. The number of halogens is 3. The van der Waals surface area contributed by atoms with Crippen LogP contribution >= 0.6 is 0 Å². The first-order valence-corrected chi connectivity index (χ1v) is 13.8. The fourth-order valence-corrected chi connectivity index (χ4v) is 4.90. The Bertz CT molecular complexity index is 1390. The topological polar surface area (TPSA) is 128 Å². The summed E-state index contributed by atoms with van der Waals surface area (Å²) in [5.41, 5.74) is 2.96. The van der Waals surface area contributed by atoms with Crippen molar-refractivity contribution >= 4 is 29.3 Å². The Morgan fingerprint density at radius 1 is 0.907 bits per heavy atom. The maximum atomic E-state index is 13.5. The Kier molecular flexibility index (Phi) is 10.3. The highest BCUT2D eigenvalue weighted by Gasteiger charge is 2.31. The van der Waals surface area contributed by atoms with Crippen molar-refractivity contribution in [2.24, 2.45) is 0 Å². The van der Waals surface area contributed by atoms with Gasteiger partial charge in [-0.3, -0.25) is 9.69 Å². The molecule has 12 heteroatoms. The maximum Gasteiger partial charge on any atom is 0.573 e. The summed E-state index contributed by atoms with van der Waals surface area (Å²) in [4.78, 5) is 38.0. The molecule has 0 bridgehead atoms. The predicted octanol–water partition coefficient (Wildman–Crippen LogP) is 6.05. The van der Waals surface area contributed by atoms with Crippen molar-refractivity contribution in [1.82, 2.24) is 5.32 Å². The summed E-state index contributed by atoms with van der Waals surface area (Å²) in [5, 5.41) is 23.2. The number of rotatable bonds is 10. The van der Waals surface area contributed by atoms with Crippen molar-refractivity contribution in [3.8, 4) is 5.75 Å². The number of alkyl halides is 3. The lowest BCUT2D eigenvalue weighted by Gasteiger charge is -2.26. The van der Waals surface area contributed by atoms with Crippen LogP contribution in [-0.2, 0) is 11.3 Å². The first kappa shape index (κ1) is 31.4. The largest absolute Gasteiger partial charge is 0.573 e. The summed E-state index contributed by atoms with van der Waals surface area (Å²) in [5.74, 6) is -1.97. The molecule has 0 saturated heterocycles. The van der Waals surface area contributed by atoms with Gasteiger partial charge in [-0.2, -0.15) is 0 Å². The molecule has 43 heavy (non-hydrogen) atoms. The zero-order valence-corrected chi connectivity index (χ0v) is 23.1. The van der Waals surface area contributed by atoms with Gasteiger partial charge in [-0.15, -0.1) is 13.2 Å². The molecular weight excluding hydrogens is 567 g/mol. The van der Waals surface area contributed by atoms with E-state index in [0.29, 0.717) is 17.2 Å². The van der Waals surface area contributed by atoms with Crippen LogP contribution in [0.2, 0.25) is 0 Å². The Hall–Kier alpha value is -4.58. The Morgan fingerprint density at radius 2 is 1.53 bits per heavy atom. The molecule has 1 saturated carbocycles. The summed E-state index contributed by atoms with van der Waals surface area (Å²) in [6.45, 7) is -0.354. The highest BCUT2D eigenvalue weighted by atomic mass is 19.4. The molecule has 1 fully saturated rings. The molecule has 3 amide bonds. The van der Waals surface area contributed by atoms with Gasteiger partial charge in [0.1, 0.15) is 5.75 Å². The van der Waals surface area contributed by atoms with Crippen LogP contribution in [0.5, 0.6) is 5.75 Å². The summed E-state index contributed by atoms with van der Waals surface area (Å²) in [6.07, 6.45) is -0.727. The number of carbonyl (C=O) groups is 3. The standard InChI is InChI=1S/C31H32F3N3O6/c32-31(33,34)43-26-16-12-24(13-17-26)36-30(42)37(25-14-10-22(11-15-25)21-4-2-1-3-5-21)19-20-6-8-23(9-7-20)28(39)35-18-27(38)29(40)41/h6-17,21,27,38H,1-5,18-19H2,(H,35,39)(H,36,42)(H,40,41). The molecule has 0 radical (unpaired) electrons. The number of benzene rings is 3. The van der Waals surface area contributed by atoms with Crippen LogP contribution in [0.4, 0.5) is 29.3 Å². The van der Waals surface area contributed by atoms with Gasteiger partial charge in [0.2, 0.25) is 0 Å². The van der Waals surface area contributed by atoms with E-state index in [2.05, 4.69) is 15.4 Å². The quantitative estimate of drug-likeness (QED) is 0.225. The highest BCUT2D eigenvalue weighted by Crippen LogP contribution is 2.34. The van der Waals surface area contributed by atoms with Crippen molar-refractivity contribution in [2.75, 3.05) is 16.8 Å². The van der Waals surface area contributed by atoms with Crippen molar-refractivity contribution < 1.29 is 42.5 Å². The van der Waals surface area contributed by atoms with E-state index in [4.69, 9.17) is 5.11 Å². The third-order valence-corrected chi connectivity index (χ3v) is 7.16. The number of anilines is 2. The molecule has 0 spiro atoms. The monoisotopic (exact) mass is 599 g/mol. The molecule has 4 rings (SSSR count). The van der Waals surface area contributed by atoms with E-state index in [1.165, 1.54) is 54.0 Å². The van der Waals surface area contributed by atoms with Crippen LogP contribution in [0.3, 0.4) is 0 Å². The molecule has 0 heterocycles. The number of carboxylic acids is 1. The first-order valence-electron chi connectivity index (χ1n) is 13.8. The van der Waals surface area contributed by atoms with E-state index in [1.54, 1.807) is 12.1 Å². The average molecular weight is 600 g/mol. The third kappa shape index (κ3) is 9.20. The second kappa shape index (κ2) is 14.1. The second-order valence-electron chi connectivity index (χ2n) is 10.3. The van der Waals surface area contributed by atoms with E-state index >= 15 is 0 Å². The molecular formula is C31H32F3N3O6. The number of nitrogens with one attached hydrogen (secondary N) is 2. The molecule has 4 N–H and O–H groups in total. The Labute approximate surface area is 246 Å². The predicted molar refractivity (Wildman–Crippen MR) is 153 cm³/mol. The van der Waals surface area contributed by atoms with Crippen molar-refractivity contribution in [3.05, 3.63) is 89.5 Å².